The molecule has 23 heavy (non-hydrogen) atoms. The molecule has 3 rings (SSSR count). The van der Waals surface area contributed by atoms with Gasteiger partial charge < -0.3 is 10.6 Å². The third kappa shape index (κ3) is 3.71. The summed E-state index contributed by atoms with van der Waals surface area (Å²) in [6.45, 7) is 1.89. The van der Waals surface area contributed by atoms with E-state index in [0.29, 0.717) is 22.3 Å². The maximum absolute atomic E-state index is 13.9. The van der Waals surface area contributed by atoms with Gasteiger partial charge in [-0.2, -0.15) is 0 Å². The summed E-state index contributed by atoms with van der Waals surface area (Å²) in [5.74, 6) is -0.882. The topological polar surface area (TPSA) is 41.1 Å². The zero-order chi connectivity index (χ0) is 16.2. The number of nitrogens with one attached hydrogen (secondary N) is 2. The van der Waals surface area contributed by atoms with Crippen LogP contribution in [0.15, 0.2) is 42.5 Å². The van der Waals surface area contributed by atoms with Crippen LogP contribution < -0.4 is 10.6 Å². The molecular weight excluding hydrogens is 315 g/mol. The maximum Gasteiger partial charge on any atom is 0.198 e. The molecule has 5 heteroatoms. The Bertz CT molecular complexity index is 714. The van der Waals surface area contributed by atoms with E-state index in [1.54, 1.807) is 30.3 Å². The first-order chi connectivity index (χ1) is 11.1. The van der Waals surface area contributed by atoms with Crippen LogP contribution in [0, 0.1) is 5.82 Å². The van der Waals surface area contributed by atoms with Crippen LogP contribution in [0.1, 0.15) is 28.8 Å². The van der Waals surface area contributed by atoms with Crippen molar-refractivity contribution in [3.05, 3.63) is 64.4 Å². The van der Waals surface area contributed by atoms with Crippen molar-refractivity contribution in [3.8, 4) is 0 Å². The van der Waals surface area contributed by atoms with E-state index in [9.17, 15) is 9.18 Å². The standard InChI is InChI=1S/C18H18ClFN2O/c19-12-5-6-17(22-13-7-9-21-10-8-13)15(11-12)18(23)14-3-1-2-4-16(14)20/h1-6,11,13,21-22H,7-10H2. The Morgan fingerprint density at radius 1 is 1.13 bits per heavy atom. The molecule has 0 aliphatic carbocycles. The van der Waals surface area contributed by atoms with Crippen LogP contribution >= 0.6 is 11.6 Å². The molecule has 1 aliphatic rings. The smallest absolute Gasteiger partial charge is 0.198 e. The van der Waals surface area contributed by atoms with Gasteiger partial charge in [-0.1, -0.05) is 23.7 Å². The Kier molecular flexibility index (Phi) is 4.94. The van der Waals surface area contributed by atoms with Gasteiger partial charge in [0.1, 0.15) is 5.82 Å². The monoisotopic (exact) mass is 332 g/mol. The second-order valence-corrected chi connectivity index (χ2v) is 6.10. The minimum atomic E-state index is -0.523. The second kappa shape index (κ2) is 7.11. The van der Waals surface area contributed by atoms with Gasteiger partial charge >= 0.3 is 0 Å². The highest BCUT2D eigenvalue weighted by Crippen LogP contribution is 2.26. The molecule has 0 bridgehead atoms. The molecule has 2 N–H and O–H groups in total. The first-order valence-corrected chi connectivity index (χ1v) is 8.09. The van der Waals surface area contributed by atoms with E-state index in [1.165, 1.54) is 12.1 Å². The minimum absolute atomic E-state index is 0.0585. The van der Waals surface area contributed by atoms with Crippen LogP contribution in [0.4, 0.5) is 10.1 Å². The number of halogens is 2. The molecule has 1 fully saturated rings. The van der Waals surface area contributed by atoms with Gasteiger partial charge in [-0.3, -0.25) is 4.79 Å². The molecule has 2 aromatic carbocycles. The summed E-state index contributed by atoms with van der Waals surface area (Å²) in [6, 6.07) is 11.4. The Morgan fingerprint density at radius 2 is 1.87 bits per heavy atom. The van der Waals surface area contributed by atoms with Gasteiger partial charge in [0.2, 0.25) is 0 Å². The number of hydrogen-bond donors (Lipinski definition) is 2. The highest BCUT2D eigenvalue weighted by Gasteiger charge is 2.20. The Balaban J connectivity index is 1.92. The van der Waals surface area contributed by atoms with Gasteiger partial charge in [0, 0.05) is 22.3 Å². The van der Waals surface area contributed by atoms with Crippen LogP contribution in [0.2, 0.25) is 5.02 Å². The fraction of sp³-hybridized carbons (Fsp3) is 0.278. The molecule has 0 radical (unpaired) electrons. The zero-order valence-corrected chi connectivity index (χ0v) is 13.4. The third-order valence-corrected chi connectivity index (χ3v) is 4.28. The van der Waals surface area contributed by atoms with E-state index in [0.717, 1.165) is 25.9 Å². The quantitative estimate of drug-likeness (QED) is 0.835. The molecule has 2 aromatic rings. The lowest BCUT2D eigenvalue weighted by Gasteiger charge is -2.25. The summed E-state index contributed by atoms with van der Waals surface area (Å²) in [4.78, 5) is 12.7. The Morgan fingerprint density at radius 3 is 2.61 bits per heavy atom. The van der Waals surface area contributed by atoms with Gasteiger partial charge in [0.05, 0.1) is 5.56 Å². The predicted octanol–water partition coefficient (Wildman–Crippen LogP) is 3.87. The fourth-order valence-electron chi connectivity index (χ4n) is 2.81. The molecule has 0 unspecified atom stereocenters. The van der Waals surface area contributed by atoms with E-state index in [1.807, 2.05) is 0 Å². The molecule has 1 aliphatic heterocycles. The summed E-state index contributed by atoms with van der Waals surface area (Å²) in [6.07, 6.45) is 1.96. The Hall–Kier alpha value is -1.91. The maximum atomic E-state index is 13.9. The van der Waals surface area contributed by atoms with E-state index >= 15 is 0 Å². The first kappa shape index (κ1) is 16.0. The van der Waals surface area contributed by atoms with Gasteiger partial charge in [-0.05, 0) is 56.3 Å². The predicted molar refractivity (Wildman–Crippen MR) is 90.8 cm³/mol. The van der Waals surface area contributed by atoms with Crippen molar-refractivity contribution in [2.45, 2.75) is 18.9 Å². The lowest BCUT2D eigenvalue weighted by Crippen LogP contribution is -2.35. The molecule has 1 saturated heterocycles. The van der Waals surface area contributed by atoms with Gasteiger partial charge in [-0.15, -0.1) is 0 Å². The third-order valence-electron chi connectivity index (χ3n) is 4.04. The molecule has 0 saturated carbocycles. The largest absolute Gasteiger partial charge is 0.382 e. The summed E-state index contributed by atoms with van der Waals surface area (Å²) >= 11 is 6.05. The van der Waals surface area contributed by atoms with Crippen molar-refractivity contribution in [3.63, 3.8) is 0 Å². The molecular formula is C18H18ClFN2O. The van der Waals surface area contributed by atoms with Crippen molar-refractivity contribution in [1.29, 1.82) is 0 Å². The van der Waals surface area contributed by atoms with Crippen molar-refractivity contribution < 1.29 is 9.18 Å². The minimum Gasteiger partial charge on any atom is -0.382 e. The summed E-state index contributed by atoms with van der Waals surface area (Å²) in [7, 11) is 0. The van der Waals surface area contributed by atoms with E-state index in [4.69, 9.17) is 11.6 Å². The van der Waals surface area contributed by atoms with Crippen molar-refractivity contribution in [2.24, 2.45) is 0 Å². The highest BCUT2D eigenvalue weighted by molar-refractivity contribution is 6.31. The molecule has 3 nitrogen and oxygen atoms in total. The molecule has 0 atom stereocenters. The molecule has 0 spiro atoms. The first-order valence-electron chi connectivity index (χ1n) is 7.71. The second-order valence-electron chi connectivity index (χ2n) is 5.67. The number of benzene rings is 2. The molecule has 1 heterocycles. The van der Waals surface area contributed by atoms with Crippen LogP contribution in [0.5, 0.6) is 0 Å². The number of carbonyl (C=O) groups excluding carboxylic acids is 1. The average Bonchev–Trinajstić information content (AvgIpc) is 2.57. The number of anilines is 1. The van der Waals surface area contributed by atoms with Crippen LogP contribution in [0.25, 0.3) is 0 Å². The zero-order valence-electron chi connectivity index (χ0n) is 12.6. The Labute approximate surface area is 139 Å². The van der Waals surface area contributed by atoms with Crippen LogP contribution in [0.3, 0.4) is 0 Å². The van der Waals surface area contributed by atoms with Crippen molar-refractivity contribution in [1.82, 2.24) is 5.32 Å². The number of rotatable bonds is 4. The van der Waals surface area contributed by atoms with Gasteiger partial charge in [0.15, 0.2) is 5.78 Å². The number of ketones is 1. The van der Waals surface area contributed by atoms with Crippen molar-refractivity contribution in [2.75, 3.05) is 18.4 Å². The highest BCUT2D eigenvalue weighted by atomic mass is 35.5. The van der Waals surface area contributed by atoms with Crippen LogP contribution in [-0.4, -0.2) is 24.9 Å². The lowest BCUT2D eigenvalue weighted by molar-refractivity contribution is 0.103. The van der Waals surface area contributed by atoms with Crippen molar-refractivity contribution >= 4 is 23.1 Å². The summed E-state index contributed by atoms with van der Waals surface area (Å²) in [5, 5.41) is 7.17. The number of carbonyl (C=O) groups is 1. The van der Waals surface area contributed by atoms with E-state index in [-0.39, 0.29) is 11.3 Å². The number of piperidine rings is 1. The van der Waals surface area contributed by atoms with Gasteiger partial charge in [0.25, 0.3) is 0 Å². The fourth-order valence-corrected chi connectivity index (χ4v) is 2.98. The van der Waals surface area contributed by atoms with Gasteiger partial charge in [-0.25, -0.2) is 4.39 Å². The molecule has 0 amide bonds. The summed E-state index contributed by atoms with van der Waals surface area (Å²) in [5.41, 5.74) is 1.17. The summed E-state index contributed by atoms with van der Waals surface area (Å²) < 4.78 is 13.9. The van der Waals surface area contributed by atoms with Crippen LogP contribution in [-0.2, 0) is 0 Å². The average molecular weight is 333 g/mol. The SMILES string of the molecule is O=C(c1ccccc1F)c1cc(Cl)ccc1NC1CCNCC1. The molecule has 120 valence electrons. The lowest BCUT2D eigenvalue weighted by atomic mass is 9.99. The van der Waals surface area contributed by atoms with E-state index < -0.39 is 5.82 Å². The number of hydrogen-bond acceptors (Lipinski definition) is 3. The van der Waals surface area contributed by atoms with E-state index in [2.05, 4.69) is 10.6 Å². The normalized spacial score (nSPS) is 15.4. The molecule has 0 aromatic heterocycles.